The Labute approximate surface area is 80.4 Å². The van der Waals surface area contributed by atoms with E-state index in [0.717, 1.165) is 6.42 Å². The maximum Gasteiger partial charge on any atom is 0.0580 e. The Bertz CT molecular complexity index is 248. The molecule has 2 atom stereocenters. The lowest BCUT2D eigenvalue weighted by atomic mass is 9.91. The topological polar surface area (TPSA) is 20.2 Å². The fourth-order valence-corrected chi connectivity index (χ4v) is 1.67. The number of aryl methyl sites for hydroxylation is 1. The third-order valence-corrected chi connectivity index (χ3v) is 2.53. The second-order valence-corrected chi connectivity index (χ2v) is 3.67. The van der Waals surface area contributed by atoms with Gasteiger partial charge in [-0.2, -0.15) is 0 Å². The molecule has 0 amide bonds. The molecule has 0 heterocycles. The zero-order chi connectivity index (χ0) is 9.84. The Morgan fingerprint density at radius 1 is 1.23 bits per heavy atom. The molecule has 1 aromatic carbocycles. The van der Waals surface area contributed by atoms with Crippen LogP contribution < -0.4 is 0 Å². The van der Waals surface area contributed by atoms with Crippen LogP contribution in [0.5, 0.6) is 0 Å². The van der Waals surface area contributed by atoms with Crippen LogP contribution in [-0.2, 0) is 0 Å². The molecule has 0 bridgehead atoms. The van der Waals surface area contributed by atoms with Gasteiger partial charge in [0, 0.05) is 5.92 Å². The normalized spacial score (nSPS) is 15.4. The van der Waals surface area contributed by atoms with Crippen LogP contribution in [0.3, 0.4) is 0 Å². The van der Waals surface area contributed by atoms with Crippen LogP contribution in [0.25, 0.3) is 0 Å². The number of aliphatic hydroxyl groups is 1. The quantitative estimate of drug-likeness (QED) is 0.754. The van der Waals surface area contributed by atoms with Crippen molar-refractivity contribution in [2.45, 2.75) is 39.2 Å². The lowest BCUT2D eigenvalue weighted by Crippen LogP contribution is -2.13. The number of hydrogen-bond acceptors (Lipinski definition) is 1. The van der Waals surface area contributed by atoms with Crippen LogP contribution in [0.2, 0.25) is 0 Å². The van der Waals surface area contributed by atoms with Gasteiger partial charge in [0.15, 0.2) is 0 Å². The molecule has 13 heavy (non-hydrogen) atoms. The van der Waals surface area contributed by atoms with Crippen LogP contribution in [-0.4, -0.2) is 11.2 Å². The van der Waals surface area contributed by atoms with E-state index in [1.54, 1.807) is 0 Å². The molecule has 72 valence electrons. The van der Waals surface area contributed by atoms with Gasteiger partial charge in [-0.05, 0) is 25.8 Å². The van der Waals surface area contributed by atoms with Gasteiger partial charge in [0.25, 0.3) is 0 Å². The molecule has 0 fully saturated rings. The number of aliphatic hydroxyl groups excluding tert-OH is 1. The van der Waals surface area contributed by atoms with Gasteiger partial charge >= 0.3 is 0 Å². The number of benzene rings is 1. The SMILES string of the molecule is CCC(c1ccc(C)cc1)C(C)O. The molecule has 1 aromatic rings. The van der Waals surface area contributed by atoms with Crippen molar-refractivity contribution in [3.63, 3.8) is 0 Å². The first kappa shape index (κ1) is 10.3. The lowest BCUT2D eigenvalue weighted by Gasteiger charge is -2.18. The van der Waals surface area contributed by atoms with E-state index in [0.29, 0.717) is 0 Å². The van der Waals surface area contributed by atoms with E-state index in [2.05, 4.69) is 38.1 Å². The molecule has 0 aliphatic rings. The highest BCUT2D eigenvalue weighted by molar-refractivity contribution is 5.25. The standard InChI is InChI=1S/C12H18O/c1-4-12(10(3)13)11-7-5-9(2)6-8-11/h5-8,10,12-13H,4H2,1-3H3. The first-order valence-electron chi connectivity index (χ1n) is 4.89. The average molecular weight is 178 g/mol. The van der Waals surface area contributed by atoms with Crippen molar-refractivity contribution in [1.29, 1.82) is 0 Å². The van der Waals surface area contributed by atoms with Crippen molar-refractivity contribution < 1.29 is 5.11 Å². The maximum atomic E-state index is 9.53. The molecule has 1 nitrogen and oxygen atoms in total. The van der Waals surface area contributed by atoms with E-state index in [9.17, 15) is 5.11 Å². The second kappa shape index (κ2) is 4.43. The molecule has 1 rings (SSSR count). The van der Waals surface area contributed by atoms with E-state index >= 15 is 0 Å². The van der Waals surface area contributed by atoms with Gasteiger partial charge in [-0.3, -0.25) is 0 Å². The summed E-state index contributed by atoms with van der Waals surface area (Å²) < 4.78 is 0. The molecule has 2 unspecified atom stereocenters. The van der Waals surface area contributed by atoms with Crippen LogP contribution in [0.15, 0.2) is 24.3 Å². The summed E-state index contributed by atoms with van der Waals surface area (Å²) >= 11 is 0. The van der Waals surface area contributed by atoms with E-state index in [4.69, 9.17) is 0 Å². The summed E-state index contributed by atoms with van der Waals surface area (Å²) in [5.74, 6) is 0.278. The summed E-state index contributed by atoms with van der Waals surface area (Å²) in [5, 5.41) is 9.53. The van der Waals surface area contributed by atoms with Crippen LogP contribution in [0.4, 0.5) is 0 Å². The summed E-state index contributed by atoms with van der Waals surface area (Å²) in [5.41, 5.74) is 2.51. The maximum absolute atomic E-state index is 9.53. The predicted molar refractivity (Wildman–Crippen MR) is 55.9 cm³/mol. The Morgan fingerprint density at radius 3 is 2.15 bits per heavy atom. The van der Waals surface area contributed by atoms with Gasteiger partial charge in [-0.1, -0.05) is 36.8 Å². The highest BCUT2D eigenvalue weighted by Crippen LogP contribution is 2.23. The Balaban J connectivity index is 2.86. The monoisotopic (exact) mass is 178 g/mol. The predicted octanol–water partition coefficient (Wildman–Crippen LogP) is 2.87. The van der Waals surface area contributed by atoms with E-state index in [1.807, 2.05) is 6.92 Å². The smallest absolute Gasteiger partial charge is 0.0580 e. The van der Waals surface area contributed by atoms with Crippen molar-refractivity contribution in [2.24, 2.45) is 0 Å². The Hall–Kier alpha value is -0.820. The zero-order valence-corrected chi connectivity index (χ0v) is 8.62. The molecule has 0 spiro atoms. The third kappa shape index (κ3) is 2.56. The largest absolute Gasteiger partial charge is 0.393 e. The van der Waals surface area contributed by atoms with Gasteiger partial charge in [-0.15, -0.1) is 0 Å². The zero-order valence-electron chi connectivity index (χ0n) is 8.62. The fourth-order valence-electron chi connectivity index (χ4n) is 1.67. The molecule has 1 heteroatoms. The molecule has 0 aliphatic carbocycles. The van der Waals surface area contributed by atoms with Crippen LogP contribution in [0.1, 0.15) is 37.3 Å². The Morgan fingerprint density at radius 2 is 1.77 bits per heavy atom. The van der Waals surface area contributed by atoms with Gasteiger partial charge in [0.2, 0.25) is 0 Å². The van der Waals surface area contributed by atoms with Gasteiger partial charge in [0.1, 0.15) is 0 Å². The molecule has 0 aromatic heterocycles. The molecule has 0 aliphatic heterocycles. The van der Waals surface area contributed by atoms with Crippen molar-refractivity contribution >= 4 is 0 Å². The second-order valence-electron chi connectivity index (χ2n) is 3.67. The molecule has 0 radical (unpaired) electrons. The summed E-state index contributed by atoms with van der Waals surface area (Å²) in [7, 11) is 0. The number of rotatable bonds is 3. The summed E-state index contributed by atoms with van der Waals surface area (Å²) in [6.45, 7) is 6.04. The third-order valence-electron chi connectivity index (χ3n) is 2.53. The van der Waals surface area contributed by atoms with E-state index < -0.39 is 0 Å². The van der Waals surface area contributed by atoms with Crippen molar-refractivity contribution in [2.75, 3.05) is 0 Å². The first-order chi connectivity index (χ1) is 6.15. The molecule has 0 saturated heterocycles. The molecular formula is C12H18O. The summed E-state index contributed by atoms with van der Waals surface area (Å²) in [6.07, 6.45) is 0.730. The van der Waals surface area contributed by atoms with Crippen LogP contribution >= 0.6 is 0 Å². The molecule has 0 saturated carbocycles. The highest BCUT2D eigenvalue weighted by atomic mass is 16.3. The average Bonchev–Trinajstić information content (AvgIpc) is 2.09. The van der Waals surface area contributed by atoms with Gasteiger partial charge < -0.3 is 5.11 Å². The molecular weight excluding hydrogens is 160 g/mol. The van der Waals surface area contributed by atoms with Crippen molar-refractivity contribution in [3.05, 3.63) is 35.4 Å². The summed E-state index contributed by atoms with van der Waals surface area (Å²) in [6, 6.07) is 8.41. The summed E-state index contributed by atoms with van der Waals surface area (Å²) in [4.78, 5) is 0. The van der Waals surface area contributed by atoms with E-state index in [1.165, 1.54) is 11.1 Å². The fraction of sp³-hybridized carbons (Fsp3) is 0.500. The van der Waals surface area contributed by atoms with Gasteiger partial charge in [0.05, 0.1) is 6.10 Å². The van der Waals surface area contributed by atoms with E-state index in [-0.39, 0.29) is 12.0 Å². The minimum absolute atomic E-state index is 0.257. The number of hydrogen-bond donors (Lipinski definition) is 1. The first-order valence-corrected chi connectivity index (χ1v) is 4.89. The highest BCUT2D eigenvalue weighted by Gasteiger charge is 2.14. The van der Waals surface area contributed by atoms with Gasteiger partial charge in [-0.25, -0.2) is 0 Å². The van der Waals surface area contributed by atoms with Crippen LogP contribution in [0, 0.1) is 6.92 Å². The van der Waals surface area contributed by atoms with Crippen molar-refractivity contribution in [3.8, 4) is 0 Å². The lowest BCUT2D eigenvalue weighted by molar-refractivity contribution is 0.160. The Kier molecular flexibility index (Phi) is 3.49. The minimum Gasteiger partial charge on any atom is -0.393 e. The minimum atomic E-state index is -0.257. The van der Waals surface area contributed by atoms with Crippen molar-refractivity contribution in [1.82, 2.24) is 0 Å². The molecule has 1 N–H and O–H groups in total.